The minimum absolute atomic E-state index is 0.467. The van der Waals surface area contributed by atoms with E-state index in [0.717, 1.165) is 33.8 Å². The van der Waals surface area contributed by atoms with E-state index in [1.807, 2.05) is 24.7 Å². The van der Waals surface area contributed by atoms with Crippen LogP contribution in [0.2, 0.25) is 0 Å². The molecular weight excluding hydrogens is 226 g/mol. The number of nitrogens with zero attached hydrogens (tertiary/aromatic N) is 2. The maximum Gasteiger partial charge on any atom is 0.121 e. The molecule has 0 saturated heterocycles. The van der Waals surface area contributed by atoms with Crippen LogP contribution in [0.4, 0.5) is 0 Å². The fraction of sp³-hybridized carbons (Fsp3) is 0.357. The molecule has 2 aromatic rings. The van der Waals surface area contributed by atoms with E-state index in [0.29, 0.717) is 6.54 Å². The minimum Gasteiger partial charge on any atom is -0.496 e. The Kier molecular flexibility index (Phi) is 3.39. The summed E-state index contributed by atoms with van der Waals surface area (Å²) < 4.78 is 7.17. The quantitative estimate of drug-likeness (QED) is 0.901. The van der Waals surface area contributed by atoms with E-state index in [1.165, 1.54) is 0 Å². The number of hydrogen-bond donors (Lipinski definition) is 1. The summed E-state index contributed by atoms with van der Waals surface area (Å²) in [6.45, 7) is 4.57. The van der Waals surface area contributed by atoms with Gasteiger partial charge in [0, 0.05) is 19.2 Å². The monoisotopic (exact) mass is 245 g/mol. The third-order valence-corrected chi connectivity index (χ3v) is 3.24. The first-order chi connectivity index (χ1) is 8.58. The number of aromatic nitrogens is 2. The van der Waals surface area contributed by atoms with Gasteiger partial charge in [-0.25, -0.2) is 0 Å². The molecule has 0 saturated carbocycles. The van der Waals surface area contributed by atoms with Crippen molar-refractivity contribution in [3.8, 4) is 17.0 Å². The van der Waals surface area contributed by atoms with E-state index in [1.54, 1.807) is 7.11 Å². The van der Waals surface area contributed by atoms with Crippen LogP contribution >= 0.6 is 0 Å². The Hall–Kier alpha value is -1.81. The number of nitrogens with two attached hydrogens (primary N) is 1. The zero-order valence-electron chi connectivity index (χ0n) is 11.3. The molecule has 0 aliphatic heterocycles. The maximum absolute atomic E-state index is 5.69. The zero-order valence-corrected chi connectivity index (χ0v) is 11.3. The van der Waals surface area contributed by atoms with E-state index in [-0.39, 0.29) is 0 Å². The van der Waals surface area contributed by atoms with Crippen molar-refractivity contribution in [3.05, 3.63) is 35.0 Å². The molecular formula is C14H19N3O. The first-order valence-corrected chi connectivity index (χ1v) is 5.96. The lowest BCUT2D eigenvalue weighted by molar-refractivity contribution is 0.412. The largest absolute Gasteiger partial charge is 0.496 e. The third kappa shape index (κ3) is 1.99. The molecule has 0 aliphatic carbocycles. The topological polar surface area (TPSA) is 53.1 Å². The molecule has 0 amide bonds. The van der Waals surface area contributed by atoms with E-state index >= 15 is 0 Å². The minimum atomic E-state index is 0.467. The van der Waals surface area contributed by atoms with Crippen molar-refractivity contribution >= 4 is 0 Å². The van der Waals surface area contributed by atoms with Crippen molar-refractivity contribution in [1.82, 2.24) is 9.78 Å². The van der Waals surface area contributed by atoms with Crippen molar-refractivity contribution in [2.24, 2.45) is 12.8 Å². The molecule has 2 rings (SSSR count). The van der Waals surface area contributed by atoms with Crippen LogP contribution in [-0.4, -0.2) is 16.9 Å². The van der Waals surface area contributed by atoms with Crippen LogP contribution in [0.25, 0.3) is 11.3 Å². The molecule has 1 heterocycles. The SMILES string of the molecule is COc1ccc(-c2c(C)c(CN)nn2C)cc1C. The van der Waals surface area contributed by atoms with Gasteiger partial charge in [-0.05, 0) is 43.2 Å². The van der Waals surface area contributed by atoms with Crippen LogP contribution in [0.1, 0.15) is 16.8 Å². The number of hydrogen-bond acceptors (Lipinski definition) is 3. The van der Waals surface area contributed by atoms with Crippen LogP contribution in [0.5, 0.6) is 5.75 Å². The van der Waals surface area contributed by atoms with Crippen molar-refractivity contribution in [2.45, 2.75) is 20.4 Å². The summed E-state index contributed by atoms with van der Waals surface area (Å²) in [6.07, 6.45) is 0. The predicted octanol–water partition coefficient (Wildman–Crippen LogP) is 2.17. The maximum atomic E-state index is 5.69. The summed E-state index contributed by atoms with van der Waals surface area (Å²) in [4.78, 5) is 0. The van der Waals surface area contributed by atoms with Gasteiger partial charge in [0.15, 0.2) is 0 Å². The highest BCUT2D eigenvalue weighted by Gasteiger charge is 2.13. The molecule has 0 unspecified atom stereocenters. The van der Waals surface area contributed by atoms with Crippen LogP contribution in [0.15, 0.2) is 18.2 Å². The fourth-order valence-corrected chi connectivity index (χ4v) is 2.31. The van der Waals surface area contributed by atoms with Gasteiger partial charge in [-0.2, -0.15) is 5.10 Å². The average Bonchev–Trinajstić information content (AvgIpc) is 2.64. The van der Waals surface area contributed by atoms with Crippen molar-refractivity contribution in [2.75, 3.05) is 7.11 Å². The predicted molar refractivity (Wildman–Crippen MR) is 72.6 cm³/mol. The zero-order chi connectivity index (χ0) is 13.3. The smallest absolute Gasteiger partial charge is 0.121 e. The highest BCUT2D eigenvalue weighted by Crippen LogP contribution is 2.29. The number of aryl methyl sites for hydroxylation is 2. The van der Waals surface area contributed by atoms with Gasteiger partial charge in [-0.3, -0.25) is 4.68 Å². The van der Waals surface area contributed by atoms with Crippen LogP contribution in [0.3, 0.4) is 0 Å². The van der Waals surface area contributed by atoms with Crippen LogP contribution < -0.4 is 10.5 Å². The van der Waals surface area contributed by atoms with E-state index in [9.17, 15) is 0 Å². The van der Waals surface area contributed by atoms with Crippen molar-refractivity contribution < 1.29 is 4.74 Å². The van der Waals surface area contributed by atoms with E-state index in [4.69, 9.17) is 10.5 Å². The summed E-state index contributed by atoms with van der Waals surface area (Å²) in [7, 11) is 3.63. The Morgan fingerprint density at radius 1 is 1.33 bits per heavy atom. The van der Waals surface area contributed by atoms with Gasteiger partial charge in [0.1, 0.15) is 5.75 Å². The molecule has 0 fully saturated rings. The highest BCUT2D eigenvalue weighted by molar-refractivity contribution is 5.66. The number of methoxy groups -OCH3 is 1. The van der Waals surface area contributed by atoms with Crippen LogP contribution in [-0.2, 0) is 13.6 Å². The molecule has 18 heavy (non-hydrogen) atoms. The number of rotatable bonds is 3. The third-order valence-electron chi connectivity index (χ3n) is 3.24. The first kappa shape index (κ1) is 12.6. The fourth-order valence-electron chi connectivity index (χ4n) is 2.31. The highest BCUT2D eigenvalue weighted by atomic mass is 16.5. The Morgan fingerprint density at radius 3 is 2.56 bits per heavy atom. The van der Waals surface area contributed by atoms with Gasteiger partial charge in [0.2, 0.25) is 0 Å². The lowest BCUT2D eigenvalue weighted by Gasteiger charge is -2.08. The Balaban J connectivity index is 2.55. The first-order valence-electron chi connectivity index (χ1n) is 5.96. The lowest BCUT2D eigenvalue weighted by Crippen LogP contribution is -1.99. The van der Waals surface area contributed by atoms with E-state index < -0.39 is 0 Å². The molecule has 0 spiro atoms. The molecule has 1 aromatic carbocycles. The summed E-state index contributed by atoms with van der Waals surface area (Å²) in [5, 5.41) is 4.44. The Morgan fingerprint density at radius 2 is 2.06 bits per heavy atom. The molecule has 0 aliphatic rings. The van der Waals surface area contributed by atoms with Gasteiger partial charge in [-0.1, -0.05) is 0 Å². The number of benzene rings is 1. The van der Waals surface area contributed by atoms with Crippen molar-refractivity contribution in [3.63, 3.8) is 0 Å². The van der Waals surface area contributed by atoms with Gasteiger partial charge < -0.3 is 10.5 Å². The normalized spacial score (nSPS) is 10.7. The molecule has 4 heteroatoms. The average molecular weight is 245 g/mol. The molecule has 0 atom stereocenters. The Labute approximate surface area is 107 Å². The summed E-state index contributed by atoms with van der Waals surface area (Å²) in [5.41, 5.74) is 11.1. The van der Waals surface area contributed by atoms with Gasteiger partial charge in [0.25, 0.3) is 0 Å². The standard InChI is InChI=1S/C14H19N3O/c1-9-7-11(5-6-13(9)18-4)14-10(2)12(8-15)16-17(14)3/h5-7H,8,15H2,1-4H3. The van der Waals surface area contributed by atoms with Crippen molar-refractivity contribution in [1.29, 1.82) is 0 Å². The molecule has 2 N–H and O–H groups in total. The molecule has 0 radical (unpaired) electrons. The molecule has 4 nitrogen and oxygen atoms in total. The number of ether oxygens (including phenoxy) is 1. The second-order valence-electron chi connectivity index (χ2n) is 4.43. The van der Waals surface area contributed by atoms with Gasteiger partial charge in [0.05, 0.1) is 18.5 Å². The molecule has 1 aromatic heterocycles. The van der Waals surface area contributed by atoms with Gasteiger partial charge in [-0.15, -0.1) is 0 Å². The molecule has 96 valence electrons. The Bertz CT molecular complexity index is 573. The van der Waals surface area contributed by atoms with E-state index in [2.05, 4.69) is 24.2 Å². The van der Waals surface area contributed by atoms with Crippen LogP contribution in [0, 0.1) is 13.8 Å². The lowest BCUT2D eigenvalue weighted by atomic mass is 10.0. The summed E-state index contributed by atoms with van der Waals surface area (Å²) in [6, 6.07) is 6.15. The second kappa shape index (κ2) is 4.82. The second-order valence-corrected chi connectivity index (χ2v) is 4.43. The summed E-state index contributed by atoms with van der Waals surface area (Å²) >= 11 is 0. The van der Waals surface area contributed by atoms with Gasteiger partial charge >= 0.3 is 0 Å². The summed E-state index contributed by atoms with van der Waals surface area (Å²) in [5.74, 6) is 0.901. The molecule has 0 bridgehead atoms.